The van der Waals surface area contributed by atoms with Crippen LogP contribution >= 0.6 is 0 Å². The van der Waals surface area contributed by atoms with Gasteiger partial charge in [0.05, 0.1) is 12.7 Å². The Morgan fingerprint density at radius 2 is 1.88 bits per heavy atom. The second-order valence-electron chi connectivity index (χ2n) is 3.74. The first-order valence-corrected chi connectivity index (χ1v) is 5.24. The standard InChI is InChI=1S/C13H11N3/c1-2-7-13-11(4-1)5-3-6-12(13)10-16-9-8-14-15-16/h1-9H,10H2. The van der Waals surface area contributed by atoms with Crippen molar-refractivity contribution in [3.8, 4) is 0 Å². The normalized spacial score (nSPS) is 10.8. The van der Waals surface area contributed by atoms with Gasteiger partial charge in [-0.05, 0) is 16.3 Å². The van der Waals surface area contributed by atoms with E-state index in [4.69, 9.17) is 0 Å². The number of benzene rings is 2. The molecule has 3 rings (SSSR count). The highest BCUT2D eigenvalue weighted by Gasteiger charge is 2.00. The maximum atomic E-state index is 3.98. The predicted octanol–water partition coefficient (Wildman–Crippen LogP) is 2.48. The summed E-state index contributed by atoms with van der Waals surface area (Å²) in [5.41, 5.74) is 1.27. The third-order valence-electron chi connectivity index (χ3n) is 2.68. The summed E-state index contributed by atoms with van der Waals surface area (Å²) in [6, 6.07) is 14.7. The van der Waals surface area contributed by atoms with E-state index < -0.39 is 0 Å². The summed E-state index contributed by atoms with van der Waals surface area (Å²) >= 11 is 0. The van der Waals surface area contributed by atoms with E-state index in [1.54, 1.807) is 6.20 Å². The van der Waals surface area contributed by atoms with Gasteiger partial charge in [-0.3, -0.25) is 0 Å². The molecular weight excluding hydrogens is 198 g/mol. The van der Waals surface area contributed by atoms with Crippen LogP contribution in [0.15, 0.2) is 54.9 Å². The van der Waals surface area contributed by atoms with Crippen molar-refractivity contribution in [2.75, 3.05) is 0 Å². The molecule has 1 aromatic heterocycles. The smallest absolute Gasteiger partial charge is 0.0693 e. The van der Waals surface area contributed by atoms with E-state index >= 15 is 0 Å². The van der Waals surface area contributed by atoms with Crippen molar-refractivity contribution in [2.45, 2.75) is 6.54 Å². The molecular formula is C13H11N3. The quantitative estimate of drug-likeness (QED) is 0.649. The Kier molecular flexibility index (Phi) is 2.14. The van der Waals surface area contributed by atoms with Crippen LogP contribution in [0.4, 0.5) is 0 Å². The van der Waals surface area contributed by atoms with Crippen LogP contribution in [0, 0.1) is 0 Å². The van der Waals surface area contributed by atoms with Gasteiger partial charge in [0.25, 0.3) is 0 Å². The second-order valence-corrected chi connectivity index (χ2v) is 3.74. The number of nitrogens with zero attached hydrogens (tertiary/aromatic N) is 3. The van der Waals surface area contributed by atoms with Crippen molar-refractivity contribution in [1.82, 2.24) is 15.0 Å². The van der Waals surface area contributed by atoms with Crippen LogP contribution in [0.2, 0.25) is 0 Å². The number of hydrogen-bond donors (Lipinski definition) is 0. The van der Waals surface area contributed by atoms with E-state index in [1.165, 1.54) is 16.3 Å². The van der Waals surface area contributed by atoms with E-state index in [0.717, 1.165) is 6.54 Å². The van der Waals surface area contributed by atoms with E-state index in [-0.39, 0.29) is 0 Å². The summed E-state index contributed by atoms with van der Waals surface area (Å²) in [5.74, 6) is 0. The molecule has 3 aromatic rings. The third kappa shape index (κ3) is 1.56. The molecule has 0 radical (unpaired) electrons. The van der Waals surface area contributed by atoms with Gasteiger partial charge in [-0.1, -0.05) is 47.7 Å². The zero-order valence-electron chi connectivity index (χ0n) is 8.74. The van der Waals surface area contributed by atoms with E-state index in [9.17, 15) is 0 Å². The van der Waals surface area contributed by atoms with Crippen molar-refractivity contribution in [1.29, 1.82) is 0 Å². The van der Waals surface area contributed by atoms with E-state index in [1.807, 2.05) is 10.9 Å². The van der Waals surface area contributed by atoms with E-state index in [0.29, 0.717) is 0 Å². The Hall–Kier alpha value is -2.16. The zero-order valence-corrected chi connectivity index (χ0v) is 8.74. The van der Waals surface area contributed by atoms with Gasteiger partial charge in [0.2, 0.25) is 0 Å². The van der Waals surface area contributed by atoms with Gasteiger partial charge >= 0.3 is 0 Å². The molecule has 0 aliphatic heterocycles. The molecule has 0 atom stereocenters. The summed E-state index contributed by atoms with van der Waals surface area (Å²) in [6.07, 6.45) is 3.58. The van der Waals surface area contributed by atoms with Crippen molar-refractivity contribution in [3.05, 3.63) is 60.4 Å². The summed E-state index contributed by atoms with van der Waals surface area (Å²) in [6.45, 7) is 0.765. The lowest BCUT2D eigenvalue weighted by Gasteiger charge is -2.05. The van der Waals surface area contributed by atoms with Gasteiger partial charge in [0.1, 0.15) is 0 Å². The van der Waals surface area contributed by atoms with Crippen LogP contribution in [0.5, 0.6) is 0 Å². The highest BCUT2D eigenvalue weighted by atomic mass is 15.4. The van der Waals surface area contributed by atoms with Gasteiger partial charge < -0.3 is 0 Å². The average Bonchev–Trinajstić information content (AvgIpc) is 2.82. The van der Waals surface area contributed by atoms with Crippen molar-refractivity contribution in [2.24, 2.45) is 0 Å². The summed E-state index contributed by atoms with van der Waals surface area (Å²) in [7, 11) is 0. The van der Waals surface area contributed by atoms with Crippen molar-refractivity contribution >= 4 is 10.8 Å². The number of hydrogen-bond acceptors (Lipinski definition) is 2. The van der Waals surface area contributed by atoms with Crippen LogP contribution in [0.3, 0.4) is 0 Å². The fourth-order valence-corrected chi connectivity index (χ4v) is 1.92. The van der Waals surface area contributed by atoms with Crippen LogP contribution in [0.25, 0.3) is 10.8 Å². The number of rotatable bonds is 2. The first kappa shape index (κ1) is 9.09. The molecule has 1 heterocycles. The Morgan fingerprint density at radius 1 is 1.00 bits per heavy atom. The first-order valence-electron chi connectivity index (χ1n) is 5.24. The van der Waals surface area contributed by atoms with Gasteiger partial charge in [-0.2, -0.15) is 0 Å². The molecule has 2 aromatic carbocycles. The first-order chi connectivity index (χ1) is 7.93. The molecule has 0 aliphatic rings. The van der Waals surface area contributed by atoms with Gasteiger partial charge in [0.15, 0.2) is 0 Å². The fourth-order valence-electron chi connectivity index (χ4n) is 1.92. The number of aromatic nitrogens is 3. The molecule has 0 saturated heterocycles. The van der Waals surface area contributed by atoms with Crippen molar-refractivity contribution in [3.63, 3.8) is 0 Å². The van der Waals surface area contributed by atoms with Crippen LogP contribution in [-0.2, 0) is 6.54 Å². The molecule has 3 nitrogen and oxygen atoms in total. The summed E-state index contributed by atoms with van der Waals surface area (Å²) in [4.78, 5) is 0. The van der Waals surface area contributed by atoms with Gasteiger partial charge in [-0.25, -0.2) is 4.68 Å². The van der Waals surface area contributed by atoms with Crippen molar-refractivity contribution < 1.29 is 0 Å². The third-order valence-corrected chi connectivity index (χ3v) is 2.68. The molecule has 0 amide bonds. The Balaban J connectivity index is 2.10. The topological polar surface area (TPSA) is 30.7 Å². The molecule has 0 N–H and O–H groups in total. The molecule has 78 valence electrons. The maximum absolute atomic E-state index is 3.98. The lowest BCUT2D eigenvalue weighted by molar-refractivity contribution is 0.652. The maximum Gasteiger partial charge on any atom is 0.0693 e. The summed E-state index contributed by atoms with van der Waals surface area (Å²) < 4.78 is 1.84. The van der Waals surface area contributed by atoms with Crippen LogP contribution in [-0.4, -0.2) is 15.0 Å². The highest BCUT2D eigenvalue weighted by Crippen LogP contribution is 2.18. The molecule has 0 saturated carbocycles. The van der Waals surface area contributed by atoms with Crippen LogP contribution < -0.4 is 0 Å². The zero-order chi connectivity index (χ0) is 10.8. The largest absolute Gasteiger partial charge is 0.248 e. The molecule has 0 aliphatic carbocycles. The predicted molar refractivity (Wildman–Crippen MR) is 63.1 cm³/mol. The lowest BCUT2D eigenvalue weighted by atomic mass is 10.0. The van der Waals surface area contributed by atoms with E-state index in [2.05, 4.69) is 52.8 Å². The van der Waals surface area contributed by atoms with Crippen LogP contribution in [0.1, 0.15) is 5.56 Å². The molecule has 0 fully saturated rings. The molecule has 0 unspecified atom stereocenters. The number of fused-ring (bicyclic) bond motifs is 1. The monoisotopic (exact) mass is 209 g/mol. The minimum Gasteiger partial charge on any atom is -0.248 e. The summed E-state index contributed by atoms with van der Waals surface area (Å²) in [5, 5.41) is 10.3. The molecule has 3 heteroatoms. The Bertz CT molecular complexity index is 594. The fraction of sp³-hybridized carbons (Fsp3) is 0.0769. The molecule has 0 spiro atoms. The van der Waals surface area contributed by atoms with Gasteiger partial charge in [0, 0.05) is 6.20 Å². The average molecular weight is 209 g/mol. The Labute approximate surface area is 93.3 Å². The SMILES string of the molecule is c1ccc2c(Cn3ccnn3)cccc2c1. The Morgan fingerprint density at radius 3 is 2.75 bits per heavy atom. The highest BCUT2D eigenvalue weighted by molar-refractivity contribution is 5.85. The van der Waals surface area contributed by atoms with Gasteiger partial charge in [-0.15, -0.1) is 5.10 Å². The lowest BCUT2D eigenvalue weighted by Crippen LogP contribution is -2.00. The minimum atomic E-state index is 0.765. The minimum absolute atomic E-state index is 0.765. The molecule has 16 heavy (non-hydrogen) atoms. The second kappa shape index (κ2) is 3.77. The molecule has 0 bridgehead atoms.